The van der Waals surface area contributed by atoms with Gasteiger partial charge >= 0.3 is 0 Å². The summed E-state index contributed by atoms with van der Waals surface area (Å²) in [6.45, 7) is 5.30. The van der Waals surface area contributed by atoms with Crippen LogP contribution in [0.1, 0.15) is 26.2 Å². The SMILES string of the molecule is CNCCCC(C)N(C)C1CCOC1. The number of rotatable bonds is 6. The van der Waals surface area contributed by atoms with Crippen LogP contribution in [0.25, 0.3) is 0 Å². The molecular formula is C11H24N2O. The van der Waals surface area contributed by atoms with Crippen LogP contribution in [0.15, 0.2) is 0 Å². The number of ether oxygens (including phenoxy) is 1. The van der Waals surface area contributed by atoms with Gasteiger partial charge in [-0.3, -0.25) is 4.90 Å². The zero-order chi connectivity index (χ0) is 10.4. The molecule has 3 nitrogen and oxygen atoms in total. The van der Waals surface area contributed by atoms with E-state index in [0.717, 1.165) is 19.8 Å². The van der Waals surface area contributed by atoms with E-state index in [0.29, 0.717) is 12.1 Å². The van der Waals surface area contributed by atoms with E-state index in [4.69, 9.17) is 4.74 Å². The Morgan fingerprint density at radius 3 is 2.93 bits per heavy atom. The maximum atomic E-state index is 5.40. The molecule has 0 aromatic carbocycles. The lowest BCUT2D eigenvalue weighted by atomic mass is 10.1. The topological polar surface area (TPSA) is 24.5 Å². The Balaban J connectivity index is 2.17. The third kappa shape index (κ3) is 3.56. The Labute approximate surface area is 87.8 Å². The molecule has 0 bridgehead atoms. The van der Waals surface area contributed by atoms with Crippen LogP contribution >= 0.6 is 0 Å². The van der Waals surface area contributed by atoms with E-state index in [-0.39, 0.29) is 0 Å². The number of hydrogen-bond donors (Lipinski definition) is 1. The highest BCUT2D eigenvalue weighted by Gasteiger charge is 2.23. The lowest BCUT2D eigenvalue weighted by Crippen LogP contribution is -2.39. The van der Waals surface area contributed by atoms with Crippen molar-refractivity contribution in [3.8, 4) is 0 Å². The predicted octanol–water partition coefficient (Wildman–Crippen LogP) is 1.10. The van der Waals surface area contributed by atoms with Gasteiger partial charge in [-0.1, -0.05) is 0 Å². The van der Waals surface area contributed by atoms with Crippen molar-refractivity contribution in [1.29, 1.82) is 0 Å². The smallest absolute Gasteiger partial charge is 0.0622 e. The van der Waals surface area contributed by atoms with Crippen molar-refractivity contribution < 1.29 is 4.74 Å². The Kier molecular flexibility index (Phi) is 5.45. The summed E-state index contributed by atoms with van der Waals surface area (Å²) in [5.74, 6) is 0. The first-order valence-electron chi connectivity index (χ1n) is 5.70. The van der Waals surface area contributed by atoms with Gasteiger partial charge in [0, 0.05) is 18.7 Å². The highest BCUT2D eigenvalue weighted by atomic mass is 16.5. The fourth-order valence-corrected chi connectivity index (χ4v) is 1.98. The van der Waals surface area contributed by atoms with E-state index >= 15 is 0 Å². The van der Waals surface area contributed by atoms with Gasteiger partial charge in [-0.2, -0.15) is 0 Å². The summed E-state index contributed by atoms with van der Waals surface area (Å²) in [5, 5.41) is 3.19. The van der Waals surface area contributed by atoms with Gasteiger partial charge in [0.25, 0.3) is 0 Å². The molecule has 14 heavy (non-hydrogen) atoms. The average molecular weight is 200 g/mol. The first kappa shape index (κ1) is 12.0. The molecule has 0 aliphatic carbocycles. The maximum absolute atomic E-state index is 5.40. The van der Waals surface area contributed by atoms with Gasteiger partial charge in [0.1, 0.15) is 0 Å². The van der Waals surface area contributed by atoms with E-state index in [9.17, 15) is 0 Å². The third-order valence-electron chi connectivity index (χ3n) is 3.23. The summed E-state index contributed by atoms with van der Waals surface area (Å²) in [6, 6.07) is 1.33. The monoisotopic (exact) mass is 200 g/mol. The van der Waals surface area contributed by atoms with Crippen LogP contribution in [-0.2, 0) is 4.74 Å². The molecule has 1 rings (SSSR count). The Hall–Kier alpha value is -0.120. The van der Waals surface area contributed by atoms with Gasteiger partial charge in [0.15, 0.2) is 0 Å². The van der Waals surface area contributed by atoms with Crippen molar-refractivity contribution >= 4 is 0 Å². The second kappa shape index (κ2) is 6.38. The second-order valence-corrected chi connectivity index (χ2v) is 4.28. The summed E-state index contributed by atoms with van der Waals surface area (Å²) in [7, 11) is 4.24. The summed E-state index contributed by atoms with van der Waals surface area (Å²) in [4.78, 5) is 2.47. The van der Waals surface area contributed by atoms with Gasteiger partial charge in [0.2, 0.25) is 0 Å². The Morgan fingerprint density at radius 1 is 1.57 bits per heavy atom. The fourth-order valence-electron chi connectivity index (χ4n) is 1.98. The highest BCUT2D eigenvalue weighted by Crippen LogP contribution is 2.15. The van der Waals surface area contributed by atoms with Crippen LogP contribution in [0.3, 0.4) is 0 Å². The van der Waals surface area contributed by atoms with Gasteiger partial charge in [0.05, 0.1) is 6.61 Å². The minimum absolute atomic E-state index is 0.652. The van der Waals surface area contributed by atoms with Gasteiger partial charge in [-0.25, -0.2) is 0 Å². The molecule has 0 saturated carbocycles. The van der Waals surface area contributed by atoms with E-state index in [1.54, 1.807) is 0 Å². The summed E-state index contributed by atoms with van der Waals surface area (Å²) < 4.78 is 5.40. The molecule has 3 heteroatoms. The average Bonchev–Trinajstić information content (AvgIpc) is 2.69. The molecule has 0 amide bonds. The summed E-state index contributed by atoms with van der Waals surface area (Å²) in [5.41, 5.74) is 0. The molecule has 0 radical (unpaired) electrons. The molecule has 84 valence electrons. The van der Waals surface area contributed by atoms with Crippen molar-refractivity contribution in [3.63, 3.8) is 0 Å². The lowest BCUT2D eigenvalue weighted by molar-refractivity contribution is 0.133. The van der Waals surface area contributed by atoms with Crippen molar-refractivity contribution in [2.45, 2.75) is 38.3 Å². The normalized spacial score (nSPS) is 24.4. The van der Waals surface area contributed by atoms with Crippen molar-refractivity contribution in [2.24, 2.45) is 0 Å². The maximum Gasteiger partial charge on any atom is 0.0622 e. The fraction of sp³-hybridized carbons (Fsp3) is 1.00. The molecule has 0 aromatic heterocycles. The molecule has 1 N–H and O–H groups in total. The van der Waals surface area contributed by atoms with Crippen LogP contribution in [0.2, 0.25) is 0 Å². The molecule has 1 aliphatic rings. The Morgan fingerprint density at radius 2 is 2.36 bits per heavy atom. The highest BCUT2D eigenvalue weighted by molar-refractivity contribution is 4.77. The lowest BCUT2D eigenvalue weighted by Gasteiger charge is -2.29. The first-order chi connectivity index (χ1) is 6.75. The van der Waals surface area contributed by atoms with Gasteiger partial charge < -0.3 is 10.1 Å². The number of likely N-dealkylation sites (N-methyl/N-ethyl adjacent to an activating group) is 1. The zero-order valence-electron chi connectivity index (χ0n) is 9.75. The van der Waals surface area contributed by atoms with E-state index < -0.39 is 0 Å². The van der Waals surface area contributed by atoms with Crippen molar-refractivity contribution in [2.75, 3.05) is 33.9 Å². The standard InChI is InChI=1S/C11H24N2O/c1-10(5-4-7-12-2)13(3)11-6-8-14-9-11/h10-12H,4-9H2,1-3H3. The van der Waals surface area contributed by atoms with E-state index in [1.807, 2.05) is 7.05 Å². The van der Waals surface area contributed by atoms with Gasteiger partial charge in [-0.15, -0.1) is 0 Å². The number of hydrogen-bond acceptors (Lipinski definition) is 3. The summed E-state index contributed by atoms with van der Waals surface area (Å²) in [6.07, 6.45) is 3.73. The minimum Gasteiger partial charge on any atom is -0.380 e. The molecule has 1 saturated heterocycles. The quantitative estimate of drug-likeness (QED) is 0.650. The zero-order valence-corrected chi connectivity index (χ0v) is 9.75. The largest absolute Gasteiger partial charge is 0.380 e. The number of nitrogens with one attached hydrogen (secondary N) is 1. The van der Waals surface area contributed by atoms with Crippen LogP contribution in [0.4, 0.5) is 0 Å². The number of nitrogens with zero attached hydrogens (tertiary/aromatic N) is 1. The van der Waals surface area contributed by atoms with Crippen LogP contribution in [-0.4, -0.2) is 50.8 Å². The van der Waals surface area contributed by atoms with Crippen LogP contribution < -0.4 is 5.32 Å². The molecule has 2 atom stereocenters. The molecule has 1 aliphatic heterocycles. The Bertz CT molecular complexity index is 146. The minimum atomic E-state index is 0.652. The van der Waals surface area contributed by atoms with Crippen LogP contribution in [0, 0.1) is 0 Å². The summed E-state index contributed by atoms with van der Waals surface area (Å²) >= 11 is 0. The molecule has 1 fully saturated rings. The van der Waals surface area contributed by atoms with Crippen LogP contribution in [0.5, 0.6) is 0 Å². The van der Waals surface area contributed by atoms with E-state index in [2.05, 4.69) is 24.2 Å². The van der Waals surface area contributed by atoms with Crippen molar-refractivity contribution in [1.82, 2.24) is 10.2 Å². The first-order valence-corrected chi connectivity index (χ1v) is 5.70. The molecular weight excluding hydrogens is 176 g/mol. The third-order valence-corrected chi connectivity index (χ3v) is 3.23. The molecule has 0 spiro atoms. The van der Waals surface area contributed by atoms with Gasteiger partial charge in [-0.05, 0) is 46.8 Å². The predicted molar refractivity (Wildman–Crippen MR) is 59.6 cm³/mol. The van der Waals surface area contributed by atoms with Crippen molar-refractivity contribution in [3.05, 3.63) is 0 Å². The van der Waals surface area contributed by atoms with E-state index in [1.165, 1.54) is 19.3 Å². The molecule has 1 heterocycles. The molecule has 2 unspecified atom stereocenters. The molecule has 0 aromatic rings. The second-order valence-electron chi connectivity index (χ2n) is 4.28.